The Labute approximate surface area is 120 Å². The van der Waals surface area contributed by atoms with Crippen LogP contribution in [0.25, 0.3) is 0 Å². The zero-order valence-electron chi connectivity index (χ0n) is 11.8. The molecule has 3 nitrogen and oxygen atoms in total. The number of hydrogen-bond acceptors (Lipinski definition) is 4. The van der Waals surface area contributed by atoms with E-state index in [2.05, 4.69) is 20.8 Å². The van der Waals surface area contributed by atoms with Crippen molar-refractivity contribution in [2.75, 3.05) is 11.5 Å². The summed E-state index contributed by atoms with van der Waals surface area (Å²) in [5, 5.41) is 0.477. The molecule has 0 heterocycles. The van der Waals surface area contributed by atoms with Gasteiger partial charge in [-0.15, -0.1) is 0 Å². The summed E-state index contributed by atoms with van der Waals surface area (Å²) in [4.78, 5) is 0.383. The van der Waals surface area contributed by atoms with E-state index in [9.17, 15) is 8.42 Å². The van der Waals surface area contributed by atoms with E-state index in [1.807, 2.05) is 6.07 Å². The maximum Gasteiger partial charge on any atom is 0.179 e. The fourth-order valence-electron chi connectivity index (χ4n) is 1.52. The van der Waals surface area contributed by atoms with Crippen molar-refractivity contribution in [3.05, 3.63) is 29.8 Å². The summed E-state index contributed by atoms with van der Waals surface area (Å²) in [7, 11) is -3.19. The highest BCUT2D eigenvalue weighted by Gasteiger charge is 2.16. The first kappa shape index (κ1) is 16.5. The number of sulfone groups is 1. The Kier molecular flexibility index (Phi) is 6.36. The number of rotatable bonds is 7. The van der Waals surface area contributed by atoms with Crippen LogP contribution in [-0.2, 0) is 16.4 Å². The highest BCUT2D eigenvalue weighted by molar-refractivity contribution is 8.01. The van der Waals surface area contributed by atoms with Gasteiger partial charge in [-0.2, -0.15) is 11.8 Å². The molecule has 2 N–H and O–H groups in total. The van der Waals surface area contributed by atoms with Gasteiger partial charge < -0.3 is 5.73 Å². The highest BCUT2D eigenvalue weighted by Crippen LogP contribution is 2.20. The van der Waals surface area contributed by atoms with Crippen molar-refractivity contribution in [1.82, 2.24) is 0 Å². The van der Waals surface area contributed by atoms with Crippen molar-refractivity contribution in [3.63, 3.8) is 0 Å². The second kappa shape index (κ2) is 7.31. The Bertz CT molecular complexity index is 498. The van der Waals surface area contributed by atoms with Gasteiger partial charge in [-0.05, 0) is 23.6 Å². The van der Waals surface area contributed by atoms with Crippen molar-refractivity contribution < 1.29 is 8.42 Å². The Hall–Kier alpha value is -0.520. The minimum Gasteiger partial charge on any atom is -0.326 e. The highest BCUT2D eigenvalue weighted by atomic mass is 32.2. The molecule has 0 saturated heterocycles. The first-order chi connectivity index (χ1) is 8.86. The van der Waals surface area contributed by atoms with Crippen molar-refractivity contribution in [2.24, 2.45) is 11.7 Å². The third kappa shape index (κ3) is 5.16. The van der Waals surface area contributed by atoms with Crippen molar-refractivity contribution >= 4 is 21.6 Å². The van der Waals surface area contributed by atoms with Crippen LogP contribution in [0.1, 0.15) is 26.3 Å². The average molecular weight is 301 g/mol. The normalized spacial score (nSPS) is 13.7. The Balaban J connectivity index is 2.65. The van der Waals surface area contributed by atoms with E-state index < -0.39 is 9.84 Å². The first-order valence-corrected chi connectivity index (χ1v) is 9.20. The van der Waals surface area contributed by atoms with E-state index in [1.165, 1.54) is 0 Å². The third-order valence-corrected chi connectivity index (χ3v) is 6.65. The molecule has 5 heteroatoms. The average Bonchev–Trinajstić information content (AvgIpc) is 2.38. The van der Waals surface area contributed by atoms with Gasteiger partial charge in [0.1, 0.15) is 0 Å². The van der Waals surface area contributed by atoms with Gasteiger partial charge in [-0.3, -0.25) is 0 Å². The fraction of sp³-hybridized carbons (Fsp3) is 0.571. The minimum atomic E-state index is -3.19. The summed E-state index contributed by atoms with van der Waals surface area (Å²) in [5.41, 5.74) is 6.39. The van der Waals surface area contributed by atoms with Gasteiger partial charge in [0.05, 0.1) is 10.6 Å². The number of benzene rings is 1. The number of hydrogen-bond donors (Lipinski definition) is 1. The lowest BCUT2D eigenvalue weighted by Crippen LogP contribution is -2.13. The molecular formula is C14H23NO2S2. The van der Waals surface area contributed by atoms with Gasteiger partial charge in [0.15, 0.2) is 9.84 Å². The topological polar surface area (TPSA) is 60.2 Å². The summed E-state index contributed by atoms with van der Waals surface area (Å²) >= 11 is 1.71. The van der Waals surface area contributed by atoms with Gasteiger partial charge >= 0.3 is 0 Å². The van der Waals surface area contributed by atoms with Crippen LogP contribution in [0.15, 0.2) is 29.2 Å². The van der Waals surface area contributed by atoms with Crippen LogP contribution in [0.5, 0.6) is 0 Å². The molecule has 0 aliphatic rings. The lowest BCUT2D eigenvalue weighted by Gasteiger charge is -2.14. The molecule has 0 aromatic heterocycles. The molecule has 1 aromatic carbocycles. The lowest BCUT2D eigenvalue weighted by atomic mass is 10.2. The van der Waals surface area contributed by atoms with Crippen molar-refractivity contribution in [3.8, 4) is 0 Å². The molecule has 1 aromatic rings. The van der Waals surface area contributed by atoms with Crippen molar-refractivity contribution in [1.29, 1.82) is 0 Å². The van der Waals surface area contributed by atoms with Gasteiger partial charge in [0.25, 0.3) is 0 Å². The zero-order valence-corrected chi connectivity index (χ0v) is 13.4. The van der Waals surface area contributed by atoms with Crippen LogP contribution in [0, 0.1) is 5.92 Å². The number of nitrogens with two attached hydrogens (primary N) is 1. The first-order valence-electron chi connectivity index (χ1n) is 6.50. The van der Waals surface area contributed by atoms with Gasteiger partial charge in [-0.1, -0.05) is 32.9 Å². The van der Waals surface area contributed by atoms with Crippen molar-refractivity contribution in [2.45, 2.75) is 37.5 Å². The maximum atomic E-state index is 12.2. The molecule has 1 atom stereocenters. The molecule has 0 spiro atoms. The molecule has 19 heavy (non-hydrogen) atoms. The molecule has 0 bridgehead atoms. The minimum absolute atomic E-state index is 0.183. The van der Waals surface area contributed by atoms with E-state index in [0.29, 0.717) is 28.4 Å². The molecule has 0 saturated carbocycles. The Morgan fingerprint density at radius 3 is 2.53 bits per heavy atom. The second-order valence-corrected chi connectivity index (χ2v) is 8.58. The van der Waals surface area contributed by atoms with Crippen LogP contribution in [0.4, 0.5) is 0 Å². The SMILES string of the molecule is CC(C)C(C)SCCS(=O)(=O)c1cccc(CN)c1. The quantitative estimate of drug-likeness (QED) is 0.841. The molecule has 108 valence electrons. The third-order valence-electron chi connectivity index (χ3n) is 3.16. The van der Waals surface area contributed by atoms with E-state index in [0.717, 1.165) is 5.56 Å². The predicted octanol–water partition coefficient (Wildman–Crippen LogP) is 2.70. The molecule has 1 unspecified atom stereocenters. The molecular weight excluding hydrogens is 278 g/mol. The smallest absolute Gasteiger partial charge is 0.179 e. The van der Waals surface area contributed by atoms with Gasteiger partial charge in [0, 0.05) is 17.5 Å². The maximum absolute atomic E-state index is 12.2. The lowest BCUT2D eigenvalue weighted by molar-refractivity contribution is 0.597. The summed E-state index contributed by atoms with van der Waals surface area (Å²) in [5.74, 6) is 1.38. The van der Waals surface area contributed by atoms with E-state index >= 15 is 0 Å². The van der Waals surface area contributed by atoms with Crippen LogP contribution in [0.3, 0.4) is 0 Å². The van der Waals surface area contributed by atoms with Gasteiger partial charge in [-0.25, -0.2) is 8.42 Å². The van der Waals surface area contributed by atoms with E-state index in [1.54, 1.807) is 30.0 Å². The molecule has 0 radical (unpaired) electrons. The van der Waals surface area contributed by atoms with Crippen LogP contribution in [0.2, 0.25) is 0 Å². The second-order valence-electron chi connectivity index (χ2n) is 4.99. The molecule has 1 rings (SSSR count). The number of thioether (sulfide) groups is 1. The molecule has 0 aliphatic heterocycles. The standard InChI is InChI=1S/C14H23NO2S2/c1-11(2)12(3)18-7-8-19(16,17)14-6-4-5-13(9-14)10-15/h4-6,9,11-12H,7-8,10,15H2,1-3H3. The van der Waals surface area contributed by atoms with Crippen LogP contribution >= 0.6 is 11.8 Å². The van der Waals surface area contributed by atoms with Crippen LogP contribution in [-0.4, -0.2) is 25.2 Å². The van der Waals surface area contributed by atoms with Crippen LogP contribution < -0.4 is 5.73 Å². The molecule has 0 fully saturated rings. The van der Waals surface area contributed by atoms with Gasteiger partial charge in [0.2, 0.25) is 0 Å². The van der Waals surface area contributed by atoms with E-state index in [-0.39, 0.29) is 5.75 Å². The molecule has 0 aliphatic carbocycles. The van der Waals surface area contributed by atoms with E-state index in [4.69, 9.17) is 5.73 Å². The largest absolute Gasteiger partial charge is 0.326 e. The zero-order chi connectivity index (χ0) is 14.5. The fourth-order valence-corrected chi connectivity index (χ4v) is 4.39. The summed E-state index contributed by atoms with van der Waals surface area (Å²) in [6, 6.07) is 6.91. The summed E-state index contributed by atoms with van der Waals surface area (Å²) in [6.45, 7) is 6.80. The monoisotopic (exact) mass is 301 g/mol. The molecule has 0 amide bonds. The predicted molar refractivity (Wildman–Crippen MR) is 83.1 cm³/mol. The Morgan fingerprint density at radius 2 is 1.95 bits per heavy atom. The Morgan fingerprint density at radius 1 is 1.26 bits per heavy atom. The summed E-state index contributed by atoms with van der Waals surface area (Å²) in [6.07, 6.45) is 0. The summed E-state index contributed by atoms with van der Waals surface area (Å²) < 4.78 is 24.4.